The molecule has 0 heterocycles. The summed E-state index contributed by atoms with van der Waals surface area (Å²) in [5, 5.41) is 3.82. The van der Waals surface area contributed by atoms with Crippen molar-refractivity contribution in [2.24, 2.45) is 0 Å². The van der Waals surface area contributed by atoms with Gasteiger partial charge in [-0.2, -0.15) is 0 Å². The van der Waals surface area contributed by atoms with Gasteiger partial charge in [-0.3, -0.25) is 0 Å². The molecule has 0 aromatic heterocycles. The molecular weight excluding hydrogens is 357 g/mol. The Morgan fingerprint density at radius 3 is 2.48 bits per heavy atom. The second-order valence-corrected chi connectivity index (χ2v) is 5.94. The molecule has 0 fully saturated rings. The molecule has 2 aromatic rings. The fraction of sp³-hybridized carbons (Fsp3) is 0.300. The lowest BCUT2D eigenvalue weighted by atomic mass is 10.1. The van der Waals surface area contributed by atoms with E-state index < -0.39 is 0 Å². The minimum Gasteiger partial charge on any atom is -0.490 e. The highest BCUT2D eigenvalue weighted by molar-refractivity contribution is 6.32. The Morgan fingerprint density at radius 1 is 1.12 bits per heavy atom. The van der Waals surface area contributed by atoms with Crippen molar-refractivity contribution >= 4 is 24.0 Å². The largest absolute Gasteiger partial charge is 0.490 e. The van der Waals surface area contributed by atoms with Crippen LogP contribution in [-0.2, 0) is 13.2 Å². The lowest BCUT2D eigenvalue weighted by Crippen LogP contribution is -2.13. The maximum atomic E-state index is 6.42. The van der Waals surface area contributed by atoms with E-state index in [1.165, 1.54) is 5.56 Å². The van der Waals surface area contributed by atoms with Crippen molar-refractivity contribution in [3.05, 3.63) is 70.8 Å². The average Bonchev–Trinajstić information content (AvgIpc) is 2.56. The average molecular weight is 382 g/mol. The van der Waals surface area contributed by atoms with Crippen molar-refractivity contribution in [2.75, 3.05) is 13.2 Å². The zero-order chi connectivity index (χ0) is 17.4. The molecule has 0 atom stereocenters. The summed E-state index contributed by atoms with van der Waals surface area (Å²) < 4.78 is 11.6. The van der Waals surface area contributed by atoms with E-state index in [1.807, 2.05) is 25.1 Å². The molecule has 0 spiro atoms. The Hall–Kier alpha value is -1.68. The van der Waals surface area contributed by atoms with Crippen molar-refractivity contribution in [3.63, 3.8) is 0 Å². The smallest absolute Gasteiger partial charge is 0.180 e. The Kier molecular flexibility index (Phi) is 9.43. The highest BCUT2D eigenvalue weighted by Gasteiger charge is 2.13. The fourth-order valence-corrected chi connectivity index (χ4v) is 2.57. The second kappa shape index (κ2) is 11.0. The molecule has 2 aromatic carbocycles. The van der Waals surface area contributed by atoms with E-state index in [0.717, 1.165) is 17.7 Å². The molecule has 0 amide bonds. The number of ether oxygens (including phenoxy) is 2. The molecule has 0 aliphatic rings. The first-order chi connectivity index (χ1) is 11.6. The van der Waals surface area contributed by atoms with Crippen molar-refractivity contribution in [3.8, 4) is 11.5 Å². The molecule has 0 aliphatic carbocycles. The predicted molar refractivity (Wildman–Crippen MR) is 107 cm³/mol. The summed E-state index contributed by atoms with van der Waals surface area (Å²) in [5.74, 6) is 1.26. The third-order valence-corrected chi connectivity index (χ3v) is 3.77. The number of aryl methyl sites for hydroxylation is 1. The van der Waals surface area contributed by atoms with Gasteiger partial charge in [-0.15, -0.1) is 19.0 Å². The van der Waals surface area contributed by atoms with Crippen LogP contribution in [-0.4, -0.2) is 13.2 Å². The van der Waals surface area contributed by atoms with Gasteiger partial charge in [0.15, 0.2) is 11.5 Å². The lowest BCUT2D eigenvalue weighted by molar-refractivity contribution is 0.269. The summed E-state index contributed by atoms with van der Waals surface area (Å²) in [5.41, 5.74) is 3.37. The quantitative estimate of drug-likeness (QED) is 0.470. The van der Waals surface area contributed by atoms with Gasteiger partial charge in [-0.05, 0) is 37.1 Å². The topological polar surface area (TPSA) is 30.5 Å². The van der Waals surface area contributed by atoms with Crippen molar-refractivity contribution < 1.29 is 9.47 Å². The zero-order valence-electron chi connectivity index (χ0n) is 14.7. The first-order valence-electron chi connectivity index (χ1n) is 8.09. The summed E-state index contributed by atoms with van der Waals surface area (Å²) in [6, 6.07) is 12.1. The molecule has 0 radical (unpaired) electrons. The Labute approximate surface area is 161 Å². The molecule has 0 aliphatic heterocycles. The lowest BCUT2D eigenvalue weighted by Gasteiger charge is -2.15. The number of rotatable bonds is 9. The third kappa shape index (κ3) is 6.62. The van der Waals surface area contributed by atoms with Gasteiger partial charge in [0.05, 0.1) is 11.6 Å². The zero-order valence-corrected chi connectivity index (χ0v) is 16.3. The van der Waals surface area contributed by atoms with Gasteiger partial charge < -0.3 is 14.8 Å². The molecule has 25 heavy (non-hydrogen) atoms. The van der Waals surface area contributed by atoms with Crippen molar-refractivity contribution in [1.82, 2.24) is 5.32 Å². The summed E-state index contributed by atoms with van der Waals surface area (Å²) in [6.45, 7) is 10.2. The summed E-state index contributed by atoms with van der Waals surface area (Å²) in [7, 11) is 0. The molecule has 136 valence electrons. The fourth-order valence-electron chi connectivity index (χ4n) is 2.28. The van der Waals surface area contributed by atoms with Crippen molar-refractivity contribution in [1.29, 1.82) is 0 Å². The van der Waals surface area contributed by atoms with Gasteiger partial charge in [0.2, 0.25) is 0 Å². The molecule has 3 nitrogen and oxygen atoms in total. The molecule has 0 saturated carbocycles. The van der Waals surface area contributed by atoms with E-state index in [1.54, 1.807) is 0 Å². The van der Waals surface area contributed by atoms with Gasteiger partial charge in [-0.1, -0.05) is 47.5 Å². The SMILES string of the molecule is C=CCNCc1cc(Cl)c(OCc2ccc(C)cc2)c(OCC)c1.Cl. The number of halogens is 2. The first kappa shape index (κ1) is 21.4. The van der Waals surface area contributed by atoms with Crippen LogP contribution in [0.1, 0.15) is 23.6 Å². The number of benzene rings is 2. The van der Waals surface area contributed by atoms with Crippen LogP contribution in [0.25, 0.3) is 0 Å². The van der Waals surface area contributed by atoms with Gasteiger partial charge >= 0.3 is 0 Å². The molecule has 0 bridgehead atoms. The van der Waals surface area contributed by atoms with E-state index in [-0.39, 0.29) is 12.4 Å². The molecule has 5 heteroatoms. The third-order valence-electron chi connectivity index (χ3n) is 3.49. The van der Waals surface area contributed by atoms with Crippen molar-refractivity contribution in [2.45, 2.75) is 27.0 Å². The molecule has 0 unspecified atom stereocenters. The number of hydrogen-bond donors (Lipinski definition) is 1. The van der Waals surface area contributed by atoms with Gasteiger partial charge in [0.25, 0.3) is 0 Å². The Bertz CT molecular complexity index is 672. The Balaban J connectivity index is 0.00000312. The van der Waals surface area contributed by atoms with Gasteiger partial charge in [0.1, 0.15) is 6.61 Å². The van der Waals surface area contributed by atoms with E-state index in [2.05, 4.69) is 43.1 Å². The van der Waals surface area contributed by atoms with Gasteiger partial charge in [-0.25, -0.2) is 0 Å². The van der Waals surface area contributed by atoms with Crippen LogP contribution in [0.4, 0.5) is 0 Å². The molecule has 2 rings (SSSR count). The van der Waals surface area contributed by atoms with E-state index >= 15 is 0 Å². The van der Waals surface area contributed by atoms with Crippen LogP contribution in [0.2, 0.25) is 5.02 Å². The Morgan fingerprint density at radius 2 is 1.84 bits per heavy atom. The van der Waals surface area contributed by atoms with Crippen LogP contribution in [0.3, 0.4) is 0 Å². The maximum Gasteiger partial charge on any atom is 0.180 e. The second-order valence-electron chi connectivity index (χ2n) is 5.53. The van der Waals surface area contributed by atoms with E-state index in [0.29, 0.717) is 36.3 Å². The summed E-state index contributed by atoms with van der Waals surface area (Å²) in [6.07, 6.45) is 1.82. The van der Waals surface area contributed by atoms with Crippen LogP contribution in [0.5, 0.6) is 11.5 Å². The number of hydrogen-bond acceptors (Lipinski definition) is 3. The van der Waals surface area contributed by atoms with Crippen LogP contribution < -0.4 is 14.8 Å². The predicted octanol–water partition coefficient (Wildman–Crippen LogP) is 5.32. The minimum absolute atomic E-state index is 0. The minimum atomic E-state index is 0. The molecular formula is C20H25Cl2NO2. The molecule has 0 saturated heterocycles. The van der Waals surface area contributed by atoms with Crippen LogP contribution in [0, 0.1) is 6.92 Å². The highest BCUT2D eigenvalue weighted by atomic mass is 35.5. The highest BCUT2D eigenvalue weighted by Crippen LogP contribution is 2.37. The number of nitrogens with one attached hydrogen (secondary N) is 1. The van der Waals surface area contributed by atoms with Gasteiger partial charge in [0, 0.05) is 13.1 Å². The van der Waals surface area contributed by atoms with Crippen LogP contribution >= 0.6 is 24.0 Å². The van der Waals surface area contributed by atoms with E-state index in [4.69, 9.17) is 21.1 Å². The summed E-state index contributed by atoms with van der Waals surface area (Å²) in [4.78, 5) is 0. The standard InChI is InChI=1S/C20H24ClNO2.ClH/c1-4-10-22-13-17-11-18(21)20(19(12-17)23-5-2)24-14-16-8-6-15(3)7-9-16;/h4,6-9,11-12,22H,1,5,10,13-14H2,2-3H3;1H. The normalized spacial score (nSPS) is 10.0. The summed E-state index contributed by atoms with van der Waals surface area (Å²) >= 11 is 6.42. The maximum absolute atomic E-state index is 6.42. The first-order valence-corrected chi connectivity index (χ1v) is 8.47. The molecule has 1 N–H and O–H groups in total. The van der Waals surface area contributed by atoms with E-state index in [9.17, 15) is 0 Å². The van der Waals surface area contributed by atoms with Crippen LogP contribution in [0.15, 0.2) is 49.1 Å². The monoisotopic (exact) mass is 381 g/mol.